The van der Waals surface area contributed by atoms with Gasteiger partial charge in [-0.05, 0) is 43.5 Å². The largest absolute Gasteiger partial charge is 0.497 e. The van der Waals surface area contributed by atoms with E-state index in [-0.39, 0.29) is 5.91 Å². The molecule has 128 valence electrons. The van der Waals surface area contributed by atoms with Crippen LogP contribution in [-0.4, -0.2) is 36.7 Å². The molecule has 1 N–H and O–H groups in total. The third-order valence-electron chi connectivity index (χ3n) is 4.06. The molecule has 1 atom stereocenters. The predicted molar refractivity (Wildman–Crippen MR) is 95.4 cm³/mol. The first-order valence-corrected chi connectivity index (χ1v) is 9.47. The summed E-state index contributed by atoms with van der Waals surface area (Å²) in [5, 5.41) is 3.79. The number of methoxy groups -OCH3 is 1. The van der Waals surface area contributed by atoms with Crippen molar-refractivity contribution in [3.8, 4) is 11.5 Å². The van der Waals surface area contributed by atoms with Crippen molar-refractivity contribution in [1.82, 2.24) is 5.32 Å². The Kier molecular flexibility index (Phi) is 7.59. The van der Waals surface area contributed by atoms with Gasteiger partial charge in [0.05, 0.1) is 7.11 Å². The molecule has 0 radical (unpaired) electrons. The Morgan fingerprint density at radius 1 is 1.26 bits per heavy atom. The lowest BCUT2D eigenvalue weighted by atomic mass is 10.2. The van der Waals surface area contributed by atoms with Crippen molar-refractivity contribution in [2.45, 2.75) is 50.4 Å². The van der Waals surface area contributed by atoms with Crippen molar-refractivity contribution < 1.29 is 14.3 Å². The van der Waals surface area contributed by atoms with Crippen LogP contribution in [0.15, 0.2) is 24.3 Å². The maximum atomic E-state index is 12.2. The number of carbonyl (C=O) groups excluding carboxylic acids is 1. The molecule has 1 unspecified atom stereocenters. The van der Waals surface area contributed by atoms with Crippen molar-refractivity contribution in [3.63, 3.8) is 0 Å². The first-order valence-electron chi connectivity index (χ1n) is 8.43. The summed E-state index contributed by atoms with van der Waals surface area (Å²) in [6.07, 6.45) is 5.58. The highest BCUT2D eigenvalue weighted by Gasteiger charge is 2.19. The normalized spacial score (nSPS) is 16.1. The monoisotopic (exact) mass is 337 g/mol. The summed E-state index contributed by atoms with van der Waals surface area (Å²) < 4.78 is 10.9. The van der Waals surface area contributed by atoms with E-state index in [2.05, 4.69) is 5.32 Å². The van der Waals surface area contributed by atoms with Gasteiger partial charge in [0, 0.05) is 17.5 Å². The van der Waals surface area contributed by atoms with E-state index in [1.54, 1.807) is 7.11 Å². The van der Waals surface area contributed by atoms with E-state index in [1.165, 1.54) is 25.7 Å². The first kappa shape index (κ1) is 18.0. The molecule has 1 aromatic carbocycles. The lowest BCUT2D eigenvalue weighted by Gasteiger charge is -2.17. The fourth-order valence-electron chi connectivity index (χ4n) is 2.71. The molecule has 1 aliphatic rings. The van der Waals surface area contributed by atoms with Gasteiger partial charge in [-0.15, -0.1) is 0 Å². The number of ether oxygens (including phenoxy) is 2. The highest BCUT2D eigenvalue weighted by atomic mass is 32.2. The van der Waals surface area contributed by atoms with E-state index in [1.807, 2.05) is 43.0 Å². The molecule has 0 aliphatic heterocycles. The molecular formula is C18H27NO3S. The van der Waals surface area contributed by atoms with E-state index in [0.29, 0.717) is 18.7 Å². The molecule has 1 amide bonds. The molecule has 0 aromatic heterocycles. The van der Waals surface area contributed by atoms with Gasteiger partial charge < -0.3 is 14.8 Å². The van der Waals surface area contributed by atoms with Crippen molar-refractivity contribution in [3.05, 3.63) is 24.3 Å². The number of amides is 1. The second kappa shape index (κ2) is 9.71. The van der Waals surface area contributed by atoms with Crippen molar-refractivity contribution >= 4 is 17.7 Å². The number of carbonyl (C=O) groups is 1. The summed E-state index contributed by atoms with van der Waals surface area (Å²) in [6, 6.07) is 7.31. The minimum Gasteiger partial charge on any atom is -0.497 e. The van der Waals surface area contributed by atoms with Crippen LogP contribution in [0.1, 0.15) is 39.0 Å². The van der Waals surface area contributed by atoms with Gasteiger partial charge in [0.2, 0.25) is 0 Å². The third kappa shape index (κ3) is 5.98. The molecule has 0 saturated heterocycles. The molecule has 1 aromatic rings. The molecule has 1 saturated carbocycles. The van der Waals surface area contributed by atoms with Crippen LogP contribution in [0.4, 0.5) is 0 Å². The van der Waals surface area contributed by atoms with E-state index in [9.17, 15) is 4.79 Å². The Hall–Kier alpha value is -1.36. The van der Waals surface area contributed by atoms with Crippen LogP contribution >= 0.6 is 11.8 Å². The fourth-order valence-corrected chi connectivity index (χ4v) is 3.93. The molecule has 2 rings (SSSR count). The molecule has 1 aliphatic carbocycles. The summed E-state index contributed by atoms with van der Waals surface area (Å²) in [6.45, 7) is 2.67. The van der Waals surface area contributed by atoms with Crippen LogP contribution in [0, 0.1) is 0 Å². The summed E-state index contributed by atoms with van der Waals surface area (Å²) in [7, 11) is 1.63. The van der Waals surface area contributed by atoms with E-state index in [4.69, 9.17) is 9.47 Å². The summed E-state index contributed by atoms with van der Waals surface area (Å²) in [5.74, 6) is 2.41. The molecule has 4 nitrogen and oxygen atoms in total. The van der Waals surface area contributed by atoms with Crippen LogP contribution in [0.25, 0.3) is 0 Å². The Labute approximate surface area is 143 Å². The van der Waals surface area contributed by atoms with Gasteiger partial charge in [-0.2, -0.15) is 11.8 Å². The molecule has 23 heavy (non-hydrogen) atoms. The van der Waals surface area contributed by atoms with Gasteiger partial charge in [0.25, 0.3) is 5.91 Å². The van der Waals surface area contributed by atoms with Crippen LogP contribution in [0.3, 0.4) is 0 Å². The van der Waals surface area contributed by atoms with Crippen LogP contribution in [0.5, 0.6) is 11.5 Å². The van der Waals surface area contributed by atoms with Gasteiger partial charge >= 0.3 is 0 Å². The van der Waals surface area contributed by atoms with Gasteiger partial charge in [-0.25, -0.2) is 0 Å². The zero-order chi connectivity index (χ0) is 16.5. The smallest absolute Gasteiger partial charge is 0.261 e. The Balaban J connectivity index is 1.71. The Morgan fingerprint density at radius 3 is 2.52 bits per heavy atom. The predicted octanol–water partition coefficient (Wildman–Crippen LogP) is 3.64. The van der Waals surface area contributed by atoms with Gasteiger partial charge in [0.1, 0.15) is 11.5 Å². The average Bonchev–Trinajstić information content (AvgIpc) is 3.10. The number of hydrogen-bond acceptors (Lipinski definition) is 4. The minimum absolute atomic E-state index is 0.0321. The van der Waals surface area contributed by atoms with Crippen molar-refractivity contribution in [2.24, 2.45) is 0 Å². The molecule has 0 bridgehead atoms. The second-order valence-electron chi connectivity index (χ2n) is 5.76. The lowest BCUT2D eigenvalue weighted by molar-refractivity contribution is -0.127. The molecule has 5 heteroatoms. The van der Waals surface area contributed by atoms with Crippen LogP contribution < -0.4 is 14.8 Å². The SMILES string of the molecule is CCC(Oc1ccc(OC)cc1)C(=O)NCCSC1CCCC1. The average molecular weight is 337 g/mol. The number of benzene rings is 1. The first-order chi connectivity index (χ1) is 11.2. The minimum atomic E-state index is -0.445. The molecular weight excluding hydrogens is 310 g/mol. The number of nitrogens with one attached hydrogen (secondary N) is 1. The summed E-state index contributed by atoms with van der Waals surface area (Å²) in [4.78, 5) is 12.2. The van der Waals surface area contributed by atoms with Gasteiger partial charge in [-0.1, -0.05) is 19.8 Å². The summed E-state index contributed by atoms with van der Waals surface area (Å²) >= 11 is 1.98. The summed E-state index contributed by atoms with van der Waals surface area (Å²) in [5.41, 5.74) is 0. The van der Waals surface area contributed by atoms with E-state index < -0.39 is 6.10 Å². The molecule has 1 fully saturated rings. The lowest BCUT2D eigenvalue weighted by Crippen LogP contribution is -2.39. The highest BCUT2D eigenvalue weighted by Crippen LogP contribution is 2.28. The maximum Gasteiger partial charge on any atom is 0.261 e. The third-order valence-corrected chi connectivity index (χ3v) is 5.44. The zero-order valence-electron chi connectivity index (χ0n) is 14.0. The number of hydrogen-bond donors (Lipinski definition) is 1. The van der Waals surface area contributed by atoms with E-state index in [0.717, 1.165) is 16.8 Å². The van der Waals surface area contributed by atoms with Crippen molar-refractivity contribution in [1.29, 1.82) is 0 Å². The maximum absolute atomic E-state index is 12.2. The number of thioether (sulfide) groups is 1. The van der Waals surface area contributed by atoms with Gasteiger partial charge in [-0.3, -0.25) is 4.79 Å². The topological polar surface area (TPSA) is 47.6 Å². The van der Waals surface area contributed by atoms with Crippen LogP contribution in [0.2, 0.25) is 0 Å². The zero-order valence-corrected chi connectivity index (χ0v) is 14.9. The fraction of sp³-hybridized carbons (Fsp3) is 0.611. The molecule has 0 heterocycles. The standard InChI is InChI=1S/C18H27NO3S/c1-3-17(22-15-10-8-14(21-2)9-11-15)18(20)19-12-13-23-16-6-4-5-7-16/h8-11,16-17H,3-7,12-13H2,1-2H3,(H,19,20). The van der Waals surface area contributed by atoms with E-state index >= 15 is 0 Å². The Bertz CT molecular complexity index is 472. The molecule has 0 spiro atoms. The van der Waals surface area contributed by atoms with Gasteiger partial charge in [0.15, 0.2) is 6.10 Å². The highest BCUT2D eigenvalue weighted by molar-refractivity contribution is 7.99. The second-order valence-corrected chi connectivity index (χ2v) is 7.17. The number of rotatable bonds is 9. The van der Waals surface area contributed by atoms with Crippen LogP contribution in [-0.2, 0) is 4.79 Å². The quantitative estimate of drug-likeness (QED) is 0.699. The van der Waals surface area contributed by atoms with Crippen molar-refractivity contribution in [2.75, 3.05) is 19.4 Å². The Morgan fingerprint density at radius 2 is 1.91 bits per heavy atom.